The molecule has 0 spiro atoms. The Balaban J connectivity index is 2.40. The highest BCUT2D eigenvalue weighted by Gasteiger charge is 1.93. The van der Waals surface area contributed by atoms with Crippen LogP contribution in [-0.2, 0) is 4.84 Å². The normalized spacial score (nSPS) is 17.4. The van der Waals surface area contributed by atoms with Crippen LogP contribution < -0.4 is 0 Å². The first-order chi connectivity index (χ1) is 3.93. The molecule has 0 aromatic rings. The van der Waals surface area contributed by atoms with Crippen molar-refractivity contribution in [3.05, 3.63) is 12.4 Å². The van der Waals surface area contributed by atoms with Gasteiger partial charge in [-0.25, -0.2) is 0 Å². The molecular formula is C5H8N2O. The minimum Gasteiger partial charge on any atom is -0.277 e. The summed E-state index contributed by atoms with van der Waals surface area (Å²) in [6.07, 6.45) is 5.25. The molecule has 0 bridgehead atoms. The molecule has 1 aliphatic heterocycles. The fraction of sp³-hybridized carbons (Fsp3) is 0.400. The predicted octanol–water partition coefficient (Wildman–Crippen LogP) is 0.405. The summed E-state index contributed by atoms with van der Waals surface area (Å²) in [5, 5.41) is 1.69. The van der Waals surface area contributed by atoms with E-state index >= 15 is 0 Å². The standard InChI is InChI=1S/C5H8N2O/c1-8-7-4-2-6-3-5-7/h2-4H,5H2,1H3. The lowest BCUT2D eigenvalue weighted by Crippen LogP contribution is -2.19. The minimum atomic E-state index is 0.743. The molecule has 8 heavy (non-hydrogen) atoms. The zero-order chi connectivity index (χ0) is 5.82. The first kappa shape index (κ1) is 5.31. The van der Waals surface area contributed by atoms with Gasteiger partial charge in [0.15, 0.2) is 0 Å². The Hall–Kier alpha value is -0.830. The van der Waals surface area contributed by atoms with Gasteiger partial charge in [0.1, 0.15) is 0 Å². The average Bonchev–Trinajstić information content (AvgIpc) is 1.90. The summed E-state index contributed by atoms with van der Waals surface area (Å²) in [6, 6.07) is 0. The van der Waals surface area contributed by atoms with Crippen LogP contribution in [0.15, 0.2) is 17.4 Å². The Morgan fingerprint density at radius 2 is 2.62 bits per heavy atom. The molecule has 44 valence electrons. The lowest BCUT2D eigenvalue weighted by atomic mass is 10.6. The summed E-state index contributed by atoms with van der Waals surface area (Å²) in [4.78, 5) is 8.69. The van der Waals surface area contributed by atoms with E-state index in [9.17, 15) is 0 Å². The molecule has 1 aliphatic rings. The molecule has 1 heterocycles. The molecule has 0 atom stereocenters. The van der Waals surface area contributed by atoms with Crippen LogP contribution in [0.25, 0.3) is 0 Å². The highest BCUT2D eigenvalue weighted by molar-refractivity contribution is 5.61. The quantitative estimate of drug-likeness (QED) is 0.490. The maximum Gasteiger partial charge on any atom is 0.0802 e. The molecule has 0 unspecified atom stereocenters. The lowest BCUT2D eigenvalue weighted by molar-refractivity contribution is -0.0749. The second-order valence-electron chi connectivity index (χ2n) is 1.41. The van der Waals surface area contributed by atoms with Crippen molar-refractivity contribution in [3.8, 4) is 0 Å². The number of hydrogen-bond acceptors (Lipinski definition) is 3. The van der Waals surface area contributed by atoms with Gasteiger partial charge in [-0.2, -0.15) is 0 Å². The largest absolute Gasteiger partial charge is 0.277 e. The molecule has 0 saturated carbocycles. The third kappa shape index (κ3) is 1.07. The highest BCUT2D eigenvalue weighted by Crippen LogP contribution is 1.92. The first-order valence-electron chi connectivity index (χ1n) is 2.42. The van der Waals surface area contributed by atoms with Crippen molar-refractivity contribution in [1.29, 1.82) is 0 Å². The smallest absolute Gasteiger partial charge is 0.0802 e. The van der Waals surface area contributed by atoms with E-state index in [4.69, 9.17) is 4.84 Å². The summed E-state index contributed by atoms with van der Waals surface area (Å²) in [5.74, 6) is 0. The Bertz CT molecular complexity index is 120. The van der Waals surface area contributed by atoms with Gasteiger partial charge in [-0.3, -0.25) is 14.9 Å². The van der Waals surface area contributed by atoms with E-state index in [-0.39, 0.29) is 0 Å². The van der Waals surface area contributed by atoms with E-state index in [0.717, 1.165) is 6.54 Å². The summed E-state index contributed by atoms with van der Waals surface area (Å²) >= 11 is 0. The SMILES string of the molecule is CON1C=CN=CC1. The number of hydroxylamine groups is 2. The van der Waals surface area contributed by atoms with Gasteiger partial charge in [0.25, 0.3) is 0 Å². The van der Waals surface area contributed by atoms with Crippen LogP contribution in [0, 0.1) is 0 Å². The Kier molecular flexibility index (Phi) is 1.64. The van der Waals surface area contributed by atoms with Gasteiger partial charge < -0.3 is 0 Å². The van der Waals surface area contributed by atoms with E-state index in [0.29, 0.717) is 0 Å². The molecule has 0 amide bonds. The molecule has 1 rings (SSSR count). The third-order valence-electron chi connectivity index (χ3n) is 0.921. The van der Waals surface area contributed by atoms with Crippen molar-refractivity contribution in [2.75, 3.05) is 13.7 Å². The van der Waals surface area contributed by atoms with Crippen molar-refractivity contribution in [2.45, 2.75) is 0 Å². The molecule has 0 aromatic heterocycles. The molecule has 0 aliphatic carbocycles. The maximum absolute atomic E-state index is 4.85. The number of aliphatic imine (C=N–C) groups is 1. The van der Waals surface area contributed by atoms with Gasteiger partial charge in [0.2, 0.25) is 0 Å². The van der Waals surface area contributed by atoms with Crippen LogP contribution in [0.5, 0.6) is 0 Å². The monoisotopic (exact) mass is 112 g/mol. The van der Waals surface area contributed by atoms with Crippen molar-refractivity contribution in [1.82, 2.24) is 5.06 Å². The topological polar surface area (TPSA) is 24.8 Å². The number of hydrogen-bond donors (Lipinski definition) is 0. The van der Waals surface area contributed by atoms with Gasteiger partial charge in [0.05, 0.1) is 13.7 Å². The molecule has 3 nitrogen and oxygen atoms in total. The van der Waals surface area contributed by atoms with Crippen molar-refractivity contribution < 1.29 is 4.84 Å². The summed E-state index contributed by atoms with van der Waals surface area (Å²) in [7, 11) is 1.63. The number of rotatable bonds is 1. The van der Waals surface area contributed by atoms with Gasteiger partial charge in [-0.15, -0.1) is 0 Å². The van der Waals surface area contributed by atoms with Crippen LogP contribution in [0.1, 0.15) is 0 Å². The Morgan fingerprint density at radius 1 is 1.75 bits per heavy atom. The highest BCUT2D eigenvalue weighted by atomic mass is 16.7. The number of nitrogens with zero attached hydrogens (tertiary/aromatic N) is 2. The van der Waals surface area contributed by atoms with Crippen LogP contribution in [0.4, 0.5) is 0 Å². The van der Waals surface area contributed by atoms with Crippen molar-refractivity contribution in [2.24, 2.45) is 4.99 Å². The Morgan fingerprint density at radius 3 is 3.00 bits per heavy atom. The summed E-state index contributed by atoms with van der Waals surface area (Å²) in [5.41, 5.74) is 0. The van der Waals surface area contributed by atoms with Gasteiger partial charge in [0, 0.05) is 18.6 Å². The van der Waals surface area contributed by atoms with Gasteiger partial charge in [-0.1, -0.05) is 0 Å². The predicted molar refractivity (Wildman–Crippen MR) is 31.3 cm³/mol. The van der Waals surface area contributed by atoms with Crippen LogP contribution in [-0.4, -0.2) is 24.9 Å². The van der Waals surface area contributed by atoms with E-state index in [2.05, 4.69) is 4.99 Å². The summed E-state index contributed by atoms with van der Waals surface area (Å²) < 4.78 is 0. The van der Waals surface area contributed by atoms with Gasteiger partial charge >= 0.3 is 0 Å². The van der Waals surface area contributed by atoms with Gasteiger partial charge in [-0.05, 0) is 0 Å². The van der Waals surface area contributed by atoms with Crippen LogP contribution in [0.3, 0.4) is 0 Å². The van der Waals surface area contributed by atoms with E-state index in [1.807, 2.05) is 0 Å². The molecule has 0 fully saturated rings. The summed E-state index contributed by atoms with van der Waals surface area (Å²) in [6.45, 7) is 0.743. The molecule has 0 radical (unpaired) electrons. The minimum absolute atomic E-state index is 0.743. The zero-order valence-corrected chi connectivity index (χ0v) is 4.74. The fourth-order valence-corrected chi connectivity index (χ4v) is 0.498. The van der Waals surface area contributed by atoms with Crippen molar-refractivity contribution >= 4 is 6.21 Å². The first-order valence-corrected chi connectivity index (χ1v) is 2.42. The second-order valence-corrected chi connectivity index (χ2v) is 1.41. The molecule has 3 heteroatoms. The molecule has 0 saturated heterocycles. The average molecular weight is 112 g/mol. The van der Waals surface area contributed by atoms with Crippen molar-refractivity contribution in [3.63, 3.8) is 0 Å². The zero-order valence-electron chi connectivity index (χ0n) is 4.74. The van der Waals surface area contributed by atoms with E-state index in [1.54, 1.807) is 30.8 Å². The van der Waals surface area contributed by atoms with Crippen LogP contribution >= 0.6 is 0 Å². The maximum atomic E-state index is 4.85. The Labute approximate surface area is 48.2 Å². The fourth-order valence-electron chi connectivity index (χ4n) is 0.498. The van der Waals surface area contributed by atoms with E-state index < -0.39 is 0 Å². The van der Waals surface area contributed by atoms with E-state index in [1.165, 1.54) is 0 Å². The second kappa shape index (κ2) is 2.47. The third-order valence-corrected chi connectivity index (χ3v) is 0.921. The molecular weight excluding hydrogens is 104 g/mol. The van der Waals surface area contributed by atoms with Crippen LogP contribution in [0.2, 0.25) is 0 Å². The molecule has 0 N–H and O–H groups in total. The lowest BCUT2D eigenvalue weighted by Gasteiger charge is -2.15. The molecule has 0 aromatic carbocycles.